The number of carbonyl (C=O) groups is 1. The molecule has 0 aliphatic heterocycles. The highest BCUT2D eigenvalue weighted by Crippen LogP contribution is 2.43. The molecule has 0 saturated heterocycles. The Bertz CT molecular complexity index is 807. The van der Waals surface area contributed by atoms with Crippen LogP contribution in [0.5, 0.6) is 23.0 Å². The molecule has 0 saturated carbocycles. The molecule has 0 atom stereocenters. The summed E-state index contributed by atoms with van der Waals surface area (Å²) in [6, 6.07) is 6.08. The summed E-state index contributed by atoms with van der Waals surface area (Å²) in [7, 11) is 3.32. The number of urea groups is 1. The third-order valence-corrected chi connectivity index (χ3v) is 4.97. The van der Waals surface area contributed by atoms with Crippen molar-refractivity contribution in [2.24, 2.45) is 0 Å². The van der Waals surface area contributed by atoms with Gasteiger partial charge in [0, 0.05) is 48.8 Å². The predicted molar refractivity (Wildman–Crippen MR) is 107 cm³/mol. The highest BCUT2D eigenvalue weighted by atomic mass is 16.3. The number of carbonyl (C=O) groups excluding carboxylic acids is 1. The van der Waals surface area contributed by atoms with Crippen LogP contribution in [0.4, 0.5) is 4.79 Å². The maximum Gasteiger partial charge on any atom is 0.316 e. The lowest BCUT2D eigenvalue weighted by Gasteiger charge is -2.23. The molecule has 0 aliphatic carbocycles. The maximum atomic E-state index is 11.7. The van der Waals surface area contributed by atoms with Crippen molar-refractivity contribution in [2.45, 2.75) is 32.6 Å². The summed E-state index contributed by atoms with van der Waals surface area (Å²) >= 11 is 0. The number of phenols is 4. The van der Waals surface area contributed by atoms with Gasteiger partial charge in [0.05, 0.1) is 0 Å². The molecular formula is C21H28N2O5. The van der Waals surface area contributed by atoms with E-state index in [2.05, 4.69) is 5.32 Å². The van der Waals surface area contributed by atoms with Gasteiger partial charge in [0.25, 0.3) is 0 Å². The number of hydrogen-bond donors (Lipinski definition) is 5. The second-order valence-corrected chi connectivity index (χ2v) is 7.12. The molecule has 0 unspecified atom stereocenters. The van der Waals surface area contributed by atoms with Crippen LogP contribution in [-0.4, -0.2) is 52.0 Å². The third-order valence-electron chi connectivity index (χ3n) is 4.97. The van der Waals surface area contributed by atoms with E-state index in [4.69, 9.17) is 0 Å². The number of benzene rings is 2. The molecule has 0 aromatic heterocycles. The van der Waals surface area contributed by atoms with Crippen molar-refractivity contribution in [3.8, 4) is 23.0 Å². The minimum absolute atomic E-state index is 0.00986. The second-order valence-electron chi connectivity index (χ2n) is 7.12. The van der Waals surface area contributed by atoms with Crippen molar-refractivity contribution in [3.63, 3.8) is 0 Å². The molecule has 0 aliphatic rings. The molecule has 5 N–H and O–H groups in total. The number of rotatable bonds is 6. The molecule has 152 valence electrons. The fourth-order valence-electron chi connectivity index (χ4n) is 3.12. The minimum Gasteiger partial charge on any atom is -0.508 e. The number of nitrogens with zero attached hydrogens (tertiary/aromatic N) is 1. The first kappa shape index (κ1) is 21.2. The zero-order valence-corrected chi connectivity index (χ0v) is 16.7. The maximum absolute atomic E-state index is 11.7. The van der Waals surface area contributed by atoms with E-state index in [1.807, 2.05) is 0 Å². The highest BCUT2D eigenvalue weighted by Gasteiger charge is 2.24. The highest BCUT2D eigenvalue weighted by molar-refractivity contribution is 5.73. The van der Waals surface area contributed by atoms with E-state index in [9.17, 15) is 25.2 Å². The smallest absolute Gasteiger partial charge is 0.316 e. The van der Waals surface area contributed by atoms with E-state index >= 15 is 0 Å². The summed E-state index contributed by atoms with van der Waals surface area (Å²) in [4.78, 5) is 13.1. The average Bonchev–Trinajstić information content (AvgIpc) is 2.65. The Morgan fingerprint density at radius 1 is 0.929 bits per heavy atom. The van der Waals surface area contributed by atoms with Gasteiger partial charge in [-0.15, -0.1) is 0 Å². The zero-order chi connectivity index (χ0) is 21.0. The van der Waals surface area contributed by atoms with Crippen molar-refractivity contribution < 1.29 is 25.2 Å². The molecule has 2 aromatic rings. The normalized spacial score (nSPS) is 10.9. The molecule has 0 bridgehead atoms. The Balaban J connectivity index is 2.36. The molecule has 28 heavy (non-hydrogen) atoms. The third kappa shape index (κ3) is 4.42. The van der Waals surface area contributed by atoms with Crippen LogP contribution in [0.1, 0.15) is 41.0 Å². The summed E-state index contributed by atoms with van der Waals surface area (Å²) in [5, 5.41) is 43.6. The second kappa shape index (κ2) is 8.73. The molecule has 0 fully saturated rings. The van der Waals surface area contributed by atoms with Crippen LogP contribution in [0.2, 0.25) is 0 Å². The Hall–Kier alpha value is -3.09. The summed E-state index contributed by atoms with van der Waals surface area (Å²) in [5.74, 6) is -0.469. The lowest BCUT2D eigenvalue weighted by atomic mass is 9.84. The van der Waals surface area contributed by atoms with Crippen molar-refractivity contribution in [1.29, 1.82) is 0 Å². The van der Waals surface area contributed by atoms with Crippen LogP contribution < -0.4 is 5.32 Å². The molecule has 0 spiro atoms. The van der Waals surface area contributed by atoms with Gasteiger partial charge in [0.1, 0.15) is 23.0 Å². The van der Waals surface area contributed by atoms with Crippen LogP contribution in [0, 0.1) is 13.8 Å². The summed E-state index contributed by atoms with van der Waals surface area (Å²) in [5.41, 5.74) is 1.85. The molecule has 2 aromatic carbocycles. The van der Waals surface area contributed by atoms with Gasteiger partial charge in [-0.1, -0.05) is 12.1 Å². The number of hydrogen-bond acceptors (Lipinski definition) is 5. The van der Waals surface area contributed by atoms with E-state index in [0.717, 1.165) is 0 Å². The molecular weight excluding hydrogens is 360 g/mol. The molecule has 0 heterocycles. The van der Waals surface area contributed by atoms with Gasteiger partial charge in [-0.05, 0) is 38.8 Å². The number of phenolic OH excluding ortho intramolecular Hbond substituents is 4. The number of amides is 2. The lowest BCUT2D eigenvalue weighted by Crippen LogP contribution is -2.35. The van der Waals surface area contributed by atoms with E-state index in [1.54, 1.807) is 40.1 Å². The largest absolute Gasteiger partial charge is 0.508 e. The van der Waals surface area contributed by atoms with Crippen LogP contribution in [0.25, 0.3) is 0 Å². The Labute approximate surface area is 164 Å². The van der Waals surface area contributed by atoms with Crippen LogP contribution in [0.3, 0.4) is 0 Å². The Morgan fingerprint density at radius 2 is 1.39 bits per heavy atom. The van der Waals surface area contributed by atoms with Crippen molar-refractivity contribution in [1.82, 2.24) is 10.2 Å². The summed E-state index contributed by atoms with van der Waals surface area (Å²) in [6.45, 7) is 3.66. The van der Waals surface area contributed by atoms with Gasteiger partial charge in [0.15, 0.2) is 0 Å². The minimum atomic E-state index is -0.380. The first-order valence-electron chi connectivity index (χ1n) is 9.13. The Morgan fingerprint density at radius 3 is 1.82 bits per heavy atom. The number of nitrogens with one attached hydrogen (secondary N) is 1. The lowest BCUT2D eigenvalue weighted by molar-refractivity contribution is 0.217. The molecule has 7 heteroatoms. The summed E-state index contributed by atoms with van der Waals surface area (Å²) in [6.07, 6.45) is 1.13. The van der Waals surface area contributed by atoms with Crippen LogP contribution >= 0.6 is 0 Å². The zero-order valence-electron chi connectivity index (χ0n) is 16.7. The van der Waals surface area contributed by atoms with Crippen LogP contribution in [0.15, 0.2) is 24.3 Å². The quantitative estimate of drug-likeness (QED) is 0.487. The molecule has 2 amide bonds. The van der Waals surface area contributed by atoms with E-state index in [1.165, 1.54) is 17.0 Å². The Kier molecular flexibility index (Phi) is 6.62. The first-order valence-corrected chi connectivity index (χ1v) is 9.13. The van der Waals surface area contributed by atoms with Gasteiger partial charge >= 0.3 is 6.03 Å². The van der Waals surface area contributed by atoms with Gasteiger partial charge in [-0.2, -0.15) is 0 Å². The topological polar surface area (TPSA) is 113 Å². The fraction of sp³-hybridized carbons (Fsp3) is 0.381. The van der Waals surface area contributed by atoms with Crippen molar-refractivity contribution in [2.75, 3.05) is 20.6 Å². The van der Waals surface area contributed by atoms with E-state index in [0.29, 0.717) is 41.6 Å². The van der Waals surface area contributed by atoms with Crippen molar-refractivity contribution in [3.05, 3.63) is 46.5 Å². The molecule has 7 nitrogen and oxygen atoms in total. The average molecular weight is 388 g/mol. The first-order chi connectivity index (χ1) is 13.1. The SMILES string of the molecule is Cc1c(O)ccc(C(CCCNC(=O)N(C)C)c2ccc(O)c(C)c2O)c1O. The summed E-state index contributed by atoms with van der Waals surface area (Å²) < 4.78 is 0. The predicted octanol–water partition coefficient (Wildman–Crippen LogP) is 3.31. The molecule has 2 rings (SSSR count). The standard InChI is InChI=1S/C21H28N2O5/c1-12-17(24)9-7-15(19(12)26)14(6-5-11-22-21(28)23(3)4)16-8-10-18(25)13(2)20(16)27/h7-10,14,24-27H,5-6,11H2,1-4H3,(H,22,28). The molecule has 0 radical (unpaired) electrons. The van der Waals surface area contributed by atoms with E-state index < -0.39 is 0 Å². The van der Waals surface area contributed by atoms with Crippen LogP contribution in [-0.2, 0) is 0 Å². The fourth-order valence-corrected chi connectivity index (χ4v) is 3.12. The van der Waals surface area contributed by atoms with Gasteiger partial charge < -0.3 is 30.6 Å². The van der Waals surface area contributed by atoms with Gasteiger partial charge in [0.2, 0.25) is 0 Å². The van der Waals surface area contributed by atoms with Gasteiger partial charge in [-0.3, -0.25) is 0 Å². The van der Waals surface area contributed by atoms with Crippen molar-refractivity contribution >= 4 is 6.03 Å². The number of aromatic hydroxyl groups is 4. The van der Waals surface area contributed by atoms with E-state index in [-0.39, 0.29) is 34.9 Å². The van der Waals surface area contributed by atoms with Gasteiger partial charge in [-0.25, -0.2) is 4.79 Å². The monoisotopic (exact) mass is 388 g/mol.